The van der Waals surface area contributed by atoms with E-state index in [1.54, 1.807) is 13.8 Å². The van der Waals surface area contributed by atoms with Gasteiger partial charge in [-0.2, -0.15) is 18.3 Å². The third-order valence-corrected chi connectivity index (χ3v) is 5.42. The number of carbonyl (C=O) groups is 1. The molecule has 1 aliphatic rings. The summed E-state index contributed by atoms with van der Waals surface area (Å²) in [5.74, 6) is -0.0582. The van der Waals surface area contributed by atoms with E-state index in [0.29, 0.717) is 31.5 Å². The summed E-state index contributed by atoms with van der Waals surface area (Å²) in [6.07, 6.45) is -1.42. The first-order valence-corrected chi connectivity index (χ1v) is 9.93. The molecule has 1 aliphatic heterocycles. The molecular weight excluding hydrogens is 425 g/mol. The van der Waals surface area contributed by atoms with Crippen molar-refractivity contribution in [2.45, 2.75) is 70.8 Å². The van der Waals surface area contributed by atoms with Crippen LogP contribution in [0.3, 0.4) is 0 Å². The van der Waals surface area contributed by atoms with Gasteiger partial charge in [0.25, 0.3) is 0 Å². The lowest BCUT2D eigenvalue weighted by Crippen LogP contribution is -2.38. The summed E-state index contributed by atoms with van der Waals surface area (Å²) in [5, 5.41) is 3.71. The second-order valence-corrected chi connectivity index (χ2v) is 8.25. The molecule has 0 spiro atoms. The van der Waals surface area contributed by atoms with E-state index in [-0.39, 0.29) is 12.1 Å². The van der Waals surface area contributed by atoms with Crippen LogP contribution in [0.15, 0.2) is 17.1 Å². The predicted octanol–water partition coefficient (Wildman–Crippen LogP) is 3.77. The highest BCUT2D eigenvalue weighted by Crippen LogP contribution is 2.33. The Morgan fingerprint density at radius 2 is 2.07 bits per heavy atom. The van der Waals surface area contributed by atoms with Gasteiger partial charge in [-0.25, -0.2) is 19.3 Å². The molecule has 2 aromatic rings. The number of hydrogen-bond acceptors (Lipinski definition) is 5. The van der Waals surface area contributed by atoms with Crippen LogP contribution in [0.25, 0.3) is 0 Å². The van der Waals surface area contributed by atoms with Gasteiger partial charge in [-0.05, 0) is 44.7 Å². The Hall–Kier alpha value is -2.36. The molecule has 3 heterocycles. The van der Waals surface area contributed by atoms with Crippen molar-refractivity contribution in [3.8, 4) is 0 Å². The molecule has 0 radical (unpaired) electrons. The number of ether oxygens (including phenoxy) is 1. The number of nitrogens with zero attached hydrogens (tertiary/aromatic N) is 4. The fourth-order valence-electron chi connectivity index (χ4n) is 3.22. The largest absolute Gasteiger partial charge is 0.458 e. The van der Waals surface area contributed by atoms with Crippen LogP contribution < -0.4 is 5.69 Å². The Kier molecular flexibility index (Phi) is 5.99. The topological polar surface area (TPSA) is 79.0 Å². The Balaban J connectivity index is 1.88. The summed E-state index contributed by atoms with van der Waals surface area (Å²) < 4.78 is 46.5. The van der Waals surface area contributed by atoms with Crippen molar-refractivity contribution in [3.05, 3.63) is 44.9 Å². The van der Waals surface area contributed by atoms with E-state index in [2.05, 4.69) is 10.1 Å². The zero-order valence-electron chi connectivity index (χ0n) is 16.8. The van der Waals surface area contributed by atoms with Crippen LogP contribution >= 0.6 is 11.6 Å². The third kappa shape index (κ3) is 4.53. The lowest BCUT2D eigenvalue weighted by atomic mass is 10.0. The molecule has 1 atom stereocenters. The van der Waals surface area contributed by atoms with Crippen LogP contribution in [0, 0.1) is 0 Å². The van der Waals surface area contributed by atoms with E-state index < -0.39 is 40.2 Å². The molecule has 2 aromatic heterocycles. The summed E-state index contributed by atoms with van der Waals surface area (Å²) >= 11 is 5.70. The molecule has 0 fully saturated rings. The molecule has 0 saturated heterocycles. The molecule has 0 aromatic carbocycles. The van der Waals surface area contributed by atoms with Gasteiger partial charge in [-0.1, -0.05) is 18.5 Å². The van der Waals surface area contributed by atoms with E-state index in [4.69, 9.17) is 16.3 Å². The fraction of sp³-hybridized carbons (Fsp3) is 0.579. The SMILES string of the molecule is CCC(C)(C)OC(=O)[C@@H]1CCCc2nn(Cc3cnc(C(F)(F)F)c(Cl)c3)c(=O)n21. The van der Waals surface area contributed by atoms with E-state index in [1.165, 1.54) is 4.57 Å². The number of aryl methyl sites for hydroxylation is 1. The molecule has 3 rings (SSSR count). The molecule has 11 heteroatoms. The standard InChI is InChI=1S/C19H22ClF3N4O3/c1-4-18(2,3)30-16(28)13-6-5-7-14-25-26(17(29)27(13)14)10-11-8-12(20)15(24-9-11)19(21,22)23/h8-9,13H,4-7,10H2,1-3H3/t13-/m0/s1. The van der Waals surface area contributed by atoms with Crippen molar-refractivity contribution in [3.63, 3.8) is 0 Å². The number of aromatic nitrogens is 4. The first-order valence-electron chi connectivity index (χ1n) is 9.55. The fourth-order valence-corrected chi connectivity index (χ4v) is 3.51. The van der Waals surface area contributed by atoms with Gasteiger partial charge in [0.15, 0.2) is 5.69 Å². The Bertz CT molecular complexity index is 1010. The quantitative estimate of drug-likeness (QED) is 0.653. The Labute approximate surface area is 175 Å². The summed E-state index contributed by atoms with van der Waals surface area (Å²) in [5.41, 5.74) is -2.09. The number of fused-ring (bicyclic) bond motifs is 1. The minimum atomic E-state index is -4.67. The van der Waals surface area contributed by atoms with Crippen molar-refractivity contribution in [2.24, 2.45) is 0 Å². The van der Waals surface area contributed by atoms with Gasteiger partial charge < -0.3 is 4.74 Å². The minimum Gasteiger partial charge on any atom is -0.458 e. The van der Waals surface area contributed by atoms with Gasteiger partial charge in [-0.15, -0.1) is 0 Å². The smallest absolute Gasteiger partial charge is 0.434 e. The van der Waals surface area contributed by atoms with Crippen molar-refractivity contribution >= 4 is 17.6 Å². The molecule has 7 nitrogen and oxygen atoms in total. The normalized spacial score (nSPS) is 17.0. The number of pyridine rings is 1. The van der Waals surface area contributed by atoms with Gasteiger partial charge in [-0.3, -0.25) is 4.57 Å². The summed E-state index contributed by atoms with van der Waals surface area (Å²) in [6, 6.07) is 0.327. The Morgan fingerprint density at radius 3 is 2.67 bits per heavy atom. The molecule has 0 saturated carbocycles. The highest BCUT2D eigenvalue weighted by atomic mass is 35.5. The highest BCUT2D eigenvalue weighted by molar-refractivity contribution is 6.31. The van der Waals surface area contributed by atoms with Gasteiger partial charge in [0.05, 0.1) is 11.6 Å². The van der Waals surface area contributed by atoms with Crippen molar-refractivity contribution in [2.75, 3.05) is 0 Å². The number of carbonyl (C=O) groups excluding carboxylic acids is 1. The van der Waals surface area contributed by atoms with Gasteiger partial charge in [0, 0.05) is 12.6 Å². The second kappa shape index (κ2) is 8.05. The van der Waals surface area contributed by atoms with Crippen LogP contribution in [-0.4, -0.2) is 30.9 Å². The minimum absolute atomic E-state index is 0.119. The first kappa shape index (κ1) is 22.3. The first-order chi connectivity index (χ1) is 13.9. The summed E-state index contributed by atoms with van der Waals surface area (Å²) in [6.45, 7) is 5.36. The predicted molar refractivity (Wildman–Crippen MR) is 102 cm³/mol. The number of rotatable bonds is 5. The van der Waals surface area contributed by atoms with Crippen LogP contribution in [0.5, 0.6) is 0 Å². The van der Waals surface area contributed by atoms with E-state index >= 15 is 0 Å². The lowest BCUT2D eigenvalue weighted by Gasteiger charge is -2.28. The summed E-state index contributed by atoms with van der Waals surface area (Å²) in [7, 11) is 0. The maximum Gasteiger partial charge on any atom is 0.434 e. The lowest BCUT2D eigenvalue weighted by molar-refractivity contribution is -0.161. The monoisotopic (exact) mass is 446 g/mol. The Morgan fingerprint density at radius 1 is 1.37 bits per heavy atom. The average Bonchev–Trinajstić information content (AvgIpc) is 2.96. The van der Waals surface area contributed by atoms with Crippen LogP contribution in [0.1, 0.15) is 63.2 Å². The molecule has 0 N–H and O–H groups in total. The van der Waals surface area contributed by atoms with Crippen LogP contribution in [-0.2, 0) is 28.7 Å². The maximum atomic E-state index is 12.9. The van der Waals surface area contributed by atoms with E-state index in [9.17, 15) is 22.8 Å². The van der Waals surface area contributed by atoms with Gasteiger partial charge >= 0.3 is 17.8 Å². The van der Waals surface area contributed by atoms with E-state index in [0.717, 1.165) is 16.9 Å². The molecule has 0 aliphatic carbocycles. The third-order valence-electron chi connectivity index (χ3n) is 5.13. The molecule has 0 unspecified atom stereocenters. The maximum absolute atomic E-state index is 12.9. The second-order valence-electron chi connectivity index (χ2n) is 7.84. The molecule has 30 heavy (non-hydrogen) atoms. The number of esters is 1. The zero-order valence-corrected chi connectivity index (χ0v) is 17.5. The van der Waals surface area contributed by atoms with Gasteiger partial charge in [0.1, 0.15) is 17.5 Å². The van der Waals surface area contributed by atoms with Crippen LogP contribution in [0.2, 0.25) is 5.02 Å². The molecule has 0 amide bonds. The summed E-state index contributed by atoms with van der Waals surface area (Å²) in [4.78, 5) is 28.9. The van der Waals surface area contributed by atoms with E-state index in [1.807, 2.05) is 6.92 Å². The molecule has 0 bridgehead atoms. The van der Waals surface area contributed by atoms with Gasteiger partial charge in [0.2, 0.25) is 0 Å². The van der Waals surface area contributed by atoms with Crippen molar-refractivity contribution in [1.82, 2.24) is 19.3 Å². The number of alkyl halides is 3. The number of hydrogen-bond donors (Lipinski definition) is 0. The highest BCUT2D eigenvalue weighted by Gasteiger charge is 2.36. The van der Waals surface area contributed by atoms with Crippen molar-refractivity contribution in [1.29, 1.82) is 0 Å². The molecular formula is C19H22ClF3N4O3. The number of halogens is 4. The average molecular weight is 447 g/mol. The van der Waals surface area contributed by atoms with Crippen molar-refractivity contribution < 1.29 is 22.7 Å². The van der Waals surface area contributed by atoms with Crippen LogP contribution in [0.4, 0.5) is 13.2 Å². The molecule has 164 valence electrons. The zero-order chi connectivity index (χ0) is 22.3.